The third-order valence-electron chi connectivity index (χ3n) is 4.13. The molecule has 0 bridgehead atoms. The van der Waals surface area contributed by atoms with E-state index in [0.29, 0.717) is 5.71 Å². The Balaban J connectivity index is 1.65. The van der Waals surface area contributed by atoms with E-state index in [2.05, 4.69) is 15.6 Å². The SMILES string of the molecule is O=c1oc(-c2ccccc2)nn1C/C(=N\Nc1ccccc1)c1ccccc1. The molecule has 1 aromatic heterocycles. The molecule has 0 aliphatic heterocycles. The summed E-state index contributed by atoms with van der Waals surface area (Å²) in [5.74, 6) is -0.240. The molecule has 6 heteroatoms. The van der Waals surface area contributed by atoms with E-state index in [9.17, 15) is 4.79 Å². The lowest BCUT2D eigenvalue weighted by atomic mass is 10.1. The van der Waals surface area contributed by atoms with Gasteiger partial charge in [0, 0.05) is 5.56 Å². The van der Waals surface area contributed by atoms with Crippen LogP contribution in [0.3, 0.4) is 0 Å². The average Bonchev–Trinajstić information content (AvgIpc) is 3.13. The topological polar surface area (TPSA) is 72.4 Å². The minimum absolute atomic E-state index is 0.180. The number of rotatable bonds is 6. The van der Waals surface area contributed by atoms with Crippen molar-refractivity contribution in [3.8, 4) is 11.5 Å². The van der Waals surface area contributed by atoms with E-state index in [1.54, 1.807) is 0 Å². The predicted octanol–water partition coefficient (Wildman–Crippen LogP) is 4.02. The molecule has 0 spiro atoms. The first-order valence-corrected chi connectivity index (χ1v) is 8.86. The van der Waals surface area contributed by atoms with E-state index < -0.39 is 5.76 Å². The van der Waals surface area contributed by atoms with Gasteiger partial charge >= 0.3 is 5.76 Å². The summed E-state index contributed by atoms with van der Waals surface area (Å²) < 4.78 is 6.60. The van der Waals surface area contributed by atoms with Crippen LogP contribution in [0.5, 0.6) is 0 Å². The van der Waals surface area contributed by atoms with Gasteiger partial charge in [0.1, 0.15) is 0 Å². The number of anilines is 1. The molecule has 3 aromatic carbocycles. The lowest BCUT2D eigenvalue weighted by molar-refractivity contribution is 0.500. The maximum Gasteiger partial charge on any atom is 0.437 e. The molecular weight excluding hydrogens is 352 g/mol. The third-order valence-corrected chi connectivity index (χ3v) is 4.13. The first-order valence-electron chi connectivity index (χ1n) is 8.86. The van der Waals surface area contributed by atoms with Crippen molar-refractivity contribution in [1.82, 2.24) is 9.78 Å². The maximum absolute atomic E-state index is 12.3. The van der Waals surface area contributed by atoms with Crippen molar-refractivity contribution in [3.05, 3.63) is 107 Å². The van der Waals surface area contributed by atoms with Crippen LogP contribution >= 0.6 is 0 Å². The summed E-state index contributed by atoms with van der Waals surface area (Å²) in [7, 11) is 0. The highest BCUT2D eigenvalue weighted by molar-refractivity contribution is 6.00. The van der Waals surface area contributed by atoms with Gasteiger partial charge in [0.15, 0.2) is 0 Å². The molecule has 1 N–H and O–H groups in total. The van der Waals surface area contributed by atoms with E-state index in [0.717, 1.165) is 16.8 Å². The number of benzene rings is 3. The van der Waals surface area contributed by atoms with Crippen molar-refractivity contribution < 1.29 is 4.42 Å². The summed E-state index contributed by atoms with van der Waals surface area (Å²) in [5.41, 5.74) is 6.20. The van der Waals surface area contributed by atoms with E-state index in [1.165, 1.54) is 4.68 Å². The van der Waals surface area contributed by atoms with Gasteiger partial charge in [-0.25, -0.2) is 4.79 Å². The number of nitrogens with zero attached hydrogens (tertiary/aromatic N) is 3. The third kappa shape index (κ3) is 4.07. The van der Waals surface area contributed by atoms with Gasteiger partial charge in [0.2, 0.25) is 5.89 Å². The number of hydrogen-bond donors (Lipinski definition) is 1. The summed E-state index contributed by atoms with van der Waals surface area (Å²) >= 11 is 0. The van der Waals surface area contributed by atoms with Gasteiger partial charge in [-0.15, -0.1) is 5.10 Å². The van der Waals surface area contributed by atoms with Crippen molar-refractivity contribution in [1.29, 1.82) is 0 Å². The van der Waals surface area contributed by atoms with Gasteiger partial charge in [-0.1, -0.05) is 66.7 Å². The minimum Gasteiger partial charge on any atom is -0.388 e. The van der Waals surface area contributed by atoms with Gasteiger partial charge in [0.05, 0.1) is 17.9 Å². The molecule has 0 aliphatic rings. The molecule has 0 radical (unpaired) electrons. The Morgan fingerprint density at radius 3 is 2.18 bits per heavy atom. The first-order chi connectivity index (χ1) is 13.8. The highest BCUT2D eigenvalue weighted by Gasteiger charge is 2.13. The van der Waals surface area contributed by atoms with Crippen molar-refractivity contribution in [2.45, 2.75) is 6.54 Å². The second-order valence-corrected chi connectivity index (χ2v) is 6.10. The molecule has 0 atom stereocenters. The molecule has 0 aliphatic carbocycles. The Labute approximate surface area is 161 Å². The smallest absolute Gasteiger partial charge is 0.388 e. The zero-order valence-corrected chi connectivity index (χ0v) is 15.0. The largest absolute Gasteiger partial charge is 0.437 e. The van der Waals surface area contributed by atoms with Crippen LogP contribution in [0.25, 0.3) is 11.5 Å². The molecule has 4 rings (SSSR count). The second-order valence-electron chi connectivity index (χ2n) is 6.10. The Morgan fingerprint density at radius 2 is 1.50 bits per heavy atom. The summed E-state index contributed by atoms with van der Waals surface area (Å²) in [6, 6.07) is 28.6. The lowest BCUT2D eigenvalue weighted by Crippen LogP contribution is -2.23. The number of hydrazone groups is 1. The van der Waals surface area contributed by atoms with Gasteiger partial charge in [-0.2, -0.15) is 9.78 Å². The van der Waals surface area contributed by atoms with Crippen molar-refractivity contribution in [3.63, 3.8) is 0 Å². The number of hydrogen-bond acceptors (Lipinski definition) is 5. The summed E-state index contributed by atoms with van der Waals surface area (Å²) in [4.78, 5) is 12.3. The summed E-state index contributed by atoms with van der Waals surface area (Å²) in [5, 5.41) is 8.84. The fourth-order valence-corrected chi connectivity index (χ4v) is 2.71. The van der Waals surface area contributed by atoms with Crippen LogP contribution in [0, 0.1) is 0 Å². The van der Waals surface area contributed by atoms with Crippen molar-refractivity contribution in [2.24, 2.45) is 5.10 Å². The molecule has 0 fully saturated rings. The van der Waals surface area contributed by atoms with Crippen LogP contribution in [0.1, 0.15) is 5.56 Å². The van der Waals surface area contributed by atoms with Crippen LogP contribution in [-0.2, 0) is 6.54 Å². The molecule has 4 aromatic rings. The van der Waals surface area contributed by atoms with Gasteiger partial charge < -0.3 is 4.42 Å². The van der Waals surface area contributed by atoms with Gasteiger partial charge in [-0.3, -0.25) is 5.43 Å². The monoisotopic (exact) mass is 370 g/mol. The minimum atomic E-state index is -0.526. The predicted molar refractivity (Wildman–Crippen MR) is 109 cm³/mol. The first kappa shape index (κ1) is 17.5. The zero-order chi connectivity index (χ0) is 19.2. The molecular formula is C22H18N4O2. The molecule has 0 unspecified atom stereocenters. The standard InChI is InChI=1S/C22H18N4O2/c27-22-26(25-21(28-22)18-12-6-2-7-13-18)16-20(17-10-4-1-5-11-17)24-23-19-14-8-3-9-15-19/h1-15,23H,16H2/b24-20+. The lowest BCUT2D eigenvalue weighted by Gasteiger charge is -2.07. The summed E-state index contributed by atoms with van der Waals surface area (Å²) in [6.45, 7) is 0.180. The van der Waals surface area contributed by atoms with Crippen LogP contribution < -0.4 is 11.2 Å². The van der Waals surface area contributed by atoms with E-state index >= 15 is 0 Å². The average molecular weight is 370 g/mol. The number of aromatic nitrogens is 2. The molecule has 138 valence electrons. The Morgan fingerprint density at radius 1 is 0.893 bits per heavy atom. The van der Waals surface area contributed by atoms with E-state index in [4.69, 9.17) is 4.42 Å². The van der Waals surface area contributed by atoms with Crippen LogP contribution in [0.15, 0.2) is 105 Å². The second kappa shape index (κ2) is 8.18. The molecule has 0 amide bonds. The summed E-state index contributed by atoms with van der Waals surface area (Å²) in [6.07, 6.45) is 0. The van der Waals surface area contributed by atoms with Crippen molar-refractivity contribution in [2.75, 3.05) is 5.43 Å². The maximum atomic E-state index is 12.3. The highest BCUT2D eigenvalue weighted by Crippen LogP contribution is 2.14. The van der Waals surface area contributed by atoms with E-state index in [1.807, 2.05) is 91.0 Å². The normalized spacial score (nSPS) is 11.4. The molecule has 6 nitrogen and oxygen atoms in total. The Kier molecular flexibility index (Phi) is 5.11. The van der Waals surface area contributed by atoms with Crippen LogP contribution in [0.2, 0.25) is 0 Å². The fourth-order valence-electron chi connectivity index (χ4n) is 2.71. The molecule has 0 saturated heterocycles. The highest BCUT2D eigenvalue weighted by atomic mass is 16.4. The van der Waals surface area contributed by atoms with Crippen LogP contribution in [0.4, 0.5) is 5.69 Å². The van der Waals surface area contributed by atoms with E-state index in [-0.39, 0.29) is 12.4 Å². The van der Waals surface area contributed by atoms with Crippen LogP contribution in [-0.4, -0.2) is 15.5 Å². The van der Waals surface area contributed by atoms with Crippen molar-refractivity contribution >= 4 is 11.4 Å². The van der Waals surface area contributed by atoms with Gasteiger partial charge in [0.25, 0.3) is 0 Å². The zero-order valence-electron chi connectivity index (χ0n) is 15.0. The fraction of sp³-hybridized carbons (Fsp3) is 0.0455. The quantitative estimate of drug-likeness (QED) is 0.411. The molecule has 0 saturated carbocycles. The molecule has 28 heavy (non-hydrogen) atoms. The van der Waals surface area contributed by atoms with Gasteiger partial charge in [-0.05, 0) is 29.8 Å². The number of nitrogens with one attached hydrogen (secondary N) is 1. The Bertz CT molecular complexity index is 1120. The molecule has 1 heterocycles. The number of para-hydroxylation sites is 1. The Hall–Kier alpha value is -3.93.